The molecule has 2 aromatic rings. The van der Waals surface area contributed by atoms with Gasteiger partial charge in [-0.3, -0.25) is 0 Å². The first-order valence-corrected chi connectivity index (χ1v) is 8.58. The topological polar surface area (TPSA) is 85.1 Å². The third kappa shape index (κ3) is 3.49. The highest BCUT2D eigenvalue weighted by Gasteiger charge is 2.17. The number of sulfonamides is 1. The molecule has 1 atom stereocenters. The summed E-state index contributed by atoms with van der Waals surface area (Å²) in [6.07, 6.45) is 1.70. The van der Waals surface area contributed by atoms with Gasteiger partial charge < -0.3 is 5.73 Å². The van der Waals surface area contributed by atoms with E-state index in [9.17, 15) is 8.42 Å². The van der Waals surface area contributed by atoms with Crippen molar-refractivity contribution >= 4 is 38.6 Å². The number of nitrogens with zero attached hydrogens (tertiary/aromatic N) is 1. The average Bonchev–Trinajstić information content (AvgIpc) is 2.93. The predicted molar refractivity (Wildman–Crippen MR) is 81.6 cm³/mol. The maximum Gasteiger partial charge on any atom is 0.240 e. The molecule has 0 spiro atoms. The molecule has 20 heavy (non-hydrogen) atoms. The quantitative estimate of drug-likeness (QED) is 0.824. The number of rotatable bonds is 5. The highest BCUT2D eigenvalue weighted by Crippen LogP contribution is 2.23. The minimum absolute atomic E-state index is 0.00872. The summed E-state index contributed by atoms with van der Waals surface area (Å²) in [6, 6.07) is 4.24. The zero-order valence-electron chi connectivity index (χ0n) is 10.7. The van der Waals surface area contributed by atoms with Crippen LogP contribution in [0.3, 0.4) is 0 Å². The molecule has 0 aliphatic rings. The molecule has 1 unspecified atom stereocenters. The number of benzene rings is 1. The third-order valence-electron chi connectivity index (χ3n) is 2.73. The fourth-order valence-electron chi connectivity index (χ4n) is 1.57. The first kappa shape index (κ1) is 15.2. The molecule has 1 aromatic carbocycles. The minimum Gasteiger partial charge on any atom is -0.397 e. The molecule has 0 fully saturated rings. The van der Waals surface area contributed by atoms with Crippen molar-refractivity contribution in [2.75, 3.05) is 12.3 Å². The fraction of sp³-hybridized carbons (Fsp3) is 0.250. The van der Waals surface area contributed by atoms with Gasteiger partial charge in [-0.25, -0.2) is 18.1 Å². The Morgan fingerprint density at radius 2 is 2.25 bits per heavy atom. The molecule has 1 heterocycles. The minimum atomic E-state index is -3.60. The largest absolute Gasteiger partial charge is 0.397 e. The van der Waals surface area contributed by atoms with E-state index in [1.165, 1.54) is 29.5 Å². The highest BCUT2D eigenvalue weighted by molar-refractivity contribution is 7.89. The van der Waals surface area contributed by atoms with Crippen LogP contribution in [0.5, 0.6) is 0 Å². The van der Waals surface area contributed by atoms with E-state index in [1.807, 2.05) is 12.3 Å². The Kier molecular flexibility index (Phi) is 4.64. The highest BCUT2D eigenvalue weighted by atomic mass is 35.5. The van der Waals surface area contributed by atoms with Gasteiger partial charge in [0.2, 0.25) is 10.0 Å². The van der Waals surface area contributed by atoms with Gasteiger partial charge in [0.15, 0.2) is 0 Å². The number of nitrogens with two attached hydrogens (primary N) is 1. The van der Waals surface area contributed by atoms with Crippen LogP contribution in [-0.4, -0.2) is 19.9 Å². The second-order valence-corrected chi connectivity index (χ2v) is 7.41. The molecule has 0 saturated heterocycles. The summed E-state index contributed by atoms with van der Waals surface area (Å²) in [7, 11) is -3.60. The van der Waals surface area contributed by atoms with Crippen LogP contribution in [-0.2, 0) is 10.0 Å². The molecule has 2 rings (SSSR count). The van der Waals surface area contributed by atoms with Crippen LogP contribution in [0.25, 0.3) is 0 Å². The van der Waals surface area contributed by atoms with Crippen LogP contribution in [0.4, 0.5) is 5.69 Å². The summed E-state index contributed by atoms with van der Waals surface area (Å²) in [4.78, 5) is 4.26. The fourth-order valence-corrected chi connectivity index (χ4v) is 3.55. The molecule has 0 radical (unpaired) electrons. The first-order chi connectivity index (χ1) is 9.40. The van der Waals surface area contributed by atoms with Crippen molar-refractivity contribution in [2.24, 2.45) is 0 Å². The number of hydrogen-bond donors (Lipinski definition) is 2. The van der Waals surface area contributed by atoms with Crippen LogP contribution < -0.4 is 10.5 Å². The van der Waals surface area contributed by atoms with Crippen molar-refractivity contribution < 1.29 is 8.42 Å². The molecule has 8 heteroatoms. The van der Waals surface area contributed by atoms with Crippen molar-refractivity contribution in [1.29, 1.82) is 0 Å². The lowest BCUT2D eigenvalue weighted by Crippen LogP contribution is -2.27. The van der Waals surface area contributed by atoms with Gasteiger partial charge in [0, 0.05) is 24.0 Å². The lowest BCUT2D eigenvalue weighted by molar-refractivity contribution is 0.574. The molecule has 3 N–H and O–H groups in total. The first-order valence-electron chi connectivity index (χ1n) is 5.84. The monoisotopic (exact) mass is 331 g/mol. The Hall–Kier alpha value is -1.15. The van der Waals surface area contributed by atoms with Gasteiger partial charge in [-0.15, -0.1) is 11.3 Å². The smallest absolute Gasteiger partial charge is 0.240 e. The number of nitrogens with one attached hydrogen (secondary N) is 1. The van der Waals surface area contributed by atoms with Crippen LogP contribution in [0.15, 0.2) is 34.7 Å². The Labute approximate surface area is 126 Å². The second kappa shape index (κ2) is 6.09. The van der Waals surface area contributed by atoms with Crippen LogP contribution >= 0.6 is 22.9 Å². The SMILES string of the molecule is CC(CNS(=O)(=O)c1ccc(Cl)c(N)c1)c1nccs1. The summed E-state index contributed by atoms with van der Waals surface area (Å²) in [5.41, 5.74) is 5.86. The molecule has 108 valence electrons. The molecule has 0 amide bonds. The Morgan fingerprint density at radius 1 is 1.50 bits per heavy atom. The van der Waals surface area contributed by atoms with Gasteiger partial charge in [0.05, 0.1) is 20.6 Å². The van der Waals surface area contributed by atoms with Crippen molar-refractivity contribution in [3.05, 3.63) is 39.8 Å². The van der Waals surface area contributed by atoms with Gasteiger partial charge in [-0.05, 0) is 18.2 Å². The van der Waals surface area contributed by atoms with Crippen molar-refractivity contribution in [3.8, 4) is 0 Å². The number of aromatic nitrogens is 1. The molecule has 0 aliphatic heterocycles. The number of anilines is 1. The van der Waals surface area contributed by atoms with Gasteiger partial charge in [0.1, 0.15) is 0 Å². The normalized spacial score (nSPS) is 13.3. The average molecular weight is 332 g/mol. The standard InChI is InChI=1S/C12H14ClN3O2S2/c1-8(12-15-4-5-19-12)7-16-20(17,18)9-2-3-10(13)11(14)6-9/h2-6,8,16H,7,14H2,1H3. The van der Waals surface area contributed by atoms with E-state index < -0.39 is 10.0 Å². The summed E-state index contributed by atoms with van der Waals surface area (Å²) >= 11 is 7.28. The van der Waals surface area contributed by atoms with Crippen LogP contribution in [0.1, 0.15) is 17.8 Å². The van der Waals surface area contributed by atoms with Crippen LogP contribution in [0, 0.1) is 0 Å². The molecular formula is C12H14ClN3O2S2. The van der Waals surface area contributed by atoms with E-state index in [1.54, 1.807) is 6.20 Å². The summed E-state index contributed by atoms with van der Waals surface area (Å²) < 4.78 is 26.8. The molecule has 1 aromatic heterocycles. The van der Waals surface area contributed by atoms with Gasteiger partial charge in [-0.1, -0.05) is 18.5 Å². The van der Waals surface area contributed by atoms with E-state index in [2.05, 4.69) is 9.71 Å². The van der Waals surface area contributed by atoms with Crippen molar-refractivity contribution in [1.82, 2.24) is 9.71 Å². The Morgan fingerprint density at radius 3 is 2.85 bits per heavy atom. The second-order valence-electron chi connectivity index (χ2n) is 4.31. The van der Waals surface area contributed by atoms with E-state index in [0.29, 0.717) is 5.02 Å². The van der Waals surface area contributed by atoms with Gasteiger partial charge >= 0.3 is 0 Å². The lowest BCUT2D eigenvalue weighted by Gasteiger charge is -2.11. The third-order valence-corrected chi connectivity index (χ3v) is 5.50. The number of nitrogen functional groups attached to an aromatic ring is 1. The zero-order chi connectivity index (χ0) is 14.8. The van der Waals surface area contributed by atoms with E-state index in [0.717, 1.165) is 5.01 Å². The van der Waals surface area contributed by atoms with E-state index >= 15 is 0 Å². The number of thiazole rings is 1. The Balaban J connectivity index is 2.09. The molecule has 0 saturated carbocycles. The number of hydrogen-bond acceptors (Lipinski definition) is 5. The van der Waals surface area contributed by atoms with Gasteiger partial charge in [0.25, 0.3) is 0 Å². The molecule has 5 nitrogen and oxygen atoms in total. The number of halogens is 1. The predicted octanol–water partition coefficient (Wildman–Crippen LogP) is 2.46. The summed E-state index contributed by atoms with van der Waals surface area (Å²) in [5, 5.41) is 3.09. The zero-order valence-corrected chi connectivity index (χ0v) is 13.1. The van der Waals surface area contributed by atoms with Crippen molar-refractivity contribution in [3.63, 3.8) is 0 Å². The van der Waals surface area contributed by atoms with Gasteiger partial charge in [-0.2, -0.15) is 0 Å². The Bertz CT molecular complexity index is 687. The summed E-state index contributed by atoms with van der Waals surface area (Å²) in [5.74, 6) is 0.00872. The summed E-state index contributed by atoms with van der Waals surface area (Å²) in [6.45, 7) is 2.19. The molecule has 0 bridgehead atoms. The van der Waals surface area contributed by atoms with Crippen molar-refractivity contribution in [2.45, 2.75) is 17.7 Å². The molecular weight excluding hydrogens is 318 g/mol. The van der Waals surface area contributed by atoms with Crippen LogP contribution in [0.2, 0.25) is 5.02 Å². The lowest BCUT2D eigenvalue weighted by atomic mass is 10.2. The maximum atomic E-state index is 12.1. The maximum absolute atomic E-state index is 12.1. The van der Waals surface area contributed by atoms with E-state index in [-0.39, 0.29) is 23.0 Å². The van der Waals surface area contributed by atoms with E-state index in [4.69, 9.17) is 17.3 Å². The molecule has 0 aliphatic carbocycles.